The van der Waals surface area contributed by atoms with E-state index in [1.165, 1.54) is 20.1 Å². The monoisotopic (exact) mass is 864 g/mol. The molecule has 0 saturated carbocycles. The summed E-state index contributed by atoms with van der Waals surface area (Å²) in [6, 6.07) is 7.74. The smallest absolute Gasteiger partial charge is 0.287 e. The average molecular weight is 865 g/mol. The molecule has 6 rings (SSSR count). The predicted octanol–water partition coefficient (Wildman–Crippen LogP) is 2.87. The average Bonchev–Trinajstić information content (AvgIpc) is 3.96. The number of carbonyl (C=O) groups excluding carboxylic acids is 5. The van der Waals surface area contributed by atoms with Gasteiger partial charge in [-0.2, -0.15) is 8.42 Å². The van der Waals surface area contributed by atoms with Crippen molar-refractivity contribution in [1.82, 2.24) is 29.2 Å². The Balaban J connectivity index is 0.941. The Bertz CT molecular complexity index is 2420. The van der Waals surface area contributed by atoms with Gasteiger partial charge in [0.25, 0.3) is 27.8 Å². The quantitative estimate of drug-likeness (QED) is 0.0599. The van der Waals surface area contributed by atoms with Crippen molar-refractivity contribution in [3.05, 3.63) is 71.6 Å². The molecule has 1 fully saturated rings. The van der Waals surface area contributed by atoms with Gasteiger partial charge in [-0.1, -0.05) is 0 Å². The Labute approximate surface area is 353 Å². The fraction of sp³-hybridized carbons (Fsp3) is 0.425. The molecule has 7 N–H and O–H groups in total. The zero-order valence-electron chi connectivity index (χ0n) is 34.7. The summed E-state index contributed by atoms with van der Waals surface area (Å²) in [5, 5.41) is 15.7. The number of amides is 5. The summed E-state index contributed by atoms with van der Waals surface area (Å²) in [6.45, 7) is 3.31. The molecule has 0 radical (unpaired) electrons. The second-order valence-electron chi connectivity index (χ2n) is 15.1. The van der Waals surface area contributed by atoms with Crippen LogP contribution in [-0.4, -0.2) is 106 Å². The summed E-state index contributed by atoms with van der Waals surface area (Å²) in [7, 11) is 2.15. The maximum atomic E-state index is 13.2. The zero-order chi connectivity index (χ0) is 44.0. The molecule has 0 spiro atoms. The van der Waals surface area contributed by atoms with E-state index in [1.807, 2.05) is 4.90 Å². The highest BCUT2D eigenvalue weighted by molar-refractivity contribution is 7.86. The molecule has 2 aliphatic heterocycles. The fourth-order valence-electron chi connectivity index (χ4n) is 7.56. The molecule has 328 valence electrons. The maximum Gasteiger partial charge on any atom is 0.287 e. The van der Waals surface area contributed by atoms with Gasteiger partial charge < -0.3 is 55.1 Å². The first-order chi connectivity index (χ1) is 29.0. The van der Waals surface area contributed by atoms with Crippen LogP contribution in [0.25, 0.3) is 0 Å². The summed E-state index contributed by atoms with van der Waals surface area (Å²) in [4.78, 5) is 64.9. The number of carbonyl (C=O) groups is 5. The zero-order valence-corrected chi connectivity index (χ0v) is 35.5. The summed E-state index contributed by atoms with van der Waals surface area (Å²) < 4.78 is 50.9. The molecule has 3 aromatic heterocycles. The summed E-state index contributed by atoms with van der Waals surface area (Å²) >= 11 is 0. The number of aromatic nitrogens is 3. The third-order valence-electron chi connectivity index (χ3n) is 10.5. The van der Waals surface area contributed by atoms with Gasteiger partial charge in [-0.25, -0.2) is 0 Å². The van der Waals surface area contributed by atoms with Crippen molar-refractivity contribution in [2.45, 2.75) is 57.0 Å². The summed E-state index contributed by atoms with van der Waals surface area (Å²) in [5.74, 6) is -0.870. The second kappa shape index (κ2) is 18.9. The number of anilines is 4. The van der Waals surface area contributed by atoms with Crippen molar-refractivity contribution in [1.29, 1.82) is 0 Å². The number of rotatable bonds is 17. The van der Waals surface area contributed by atoms with Crippen LogP contribution in [0.15, 0.2) is 48.9 Å². The van der Waals surface area contributed by atoms with E-state index in [4.69, 9.17) is 9.47 Å². The van der Waals surface area contributed by atoms with Crippen LogP contribution in [0.2, 0.25) is 0 Å². The van der Waals surface area contributed by atoms with E-state index in [1.54, 1.807) is 77.7 Å². The minimum atomic E-state index is -4.39. The van der Waals surface area contributed by atoms with Gasteiger partial charge in [0, 0.05) is 90.5 Å². The molecule has 1 aromatic carbocycles. The van der Waals surface area contributed by atoms with Crippen molar-refractivity contribution in [3.63, 3.8) is 0 Å². The molecule has 0 bridgehead atoms. The Morgan fingerprint density at radius 2 is 1.36 bits per heavy atom. The number of nitrogens with one attached hydrogen (secondary N) is 6. The topological polar surface area (TPSA) is 248 Å². The minimum absolute atomic E-state index is 0.0995. The molecule has 0 aliphatic carbocycles. The van der Waals surface area contributed by atoms with Crippen molar-refractivity contribution < 1.29 is 46.4 Å². The van der Waals surface area contributed by atoms with E-state index in [-0.39, 0.29) is 54.9 Å². The lowest BCUT2D eigenvalue weighted by Gasteiger charge is -2.26. The van der Waals surface area contributed by atoms with Crippen LogP contribution in [0.5, 0.6) is 11.5 Å². The van der Waals surface area contributed by atoms with Crippen molar-refractivity contribution in [2.24, 2.45) is 21.1 Å². The van der Waals surface area contributed by atoms with E-state index >= 15 is 0 Å². The van der Waals surface area contributed by atoms with Gasteiger partial charge in [0.05, 0.1) is 30.8 Å². The van der Waals surface area contributed by atoms with E-state index in [0.717, 1.165) is 12.0 Å². The molecule has 21 heteroatoms. The molecule has 4 aromatic rings. The molecule has 1 unspecified atom stereocenters. The Morgan fingerprint density at radius 1 is 0.787 bits per heavy atom. The number of ether oxygens (including phenoxy) is 2. The Hall–Kier alpha value is -6.32. The number of fused-ring (bicyclic) bond motifs is 2. The number of hydrogen-bond donors (Lipinski definition) is 7. The standard InChI is InChI=1S/C40H52N10O10S/c1-24(51)43-26-16-31(47(2)21-26)37(53)41-11-8-12-42-38(54)32-18-28(23-48(32)3)45-39(55)33-17-27(22-49(33)4)44-36(52)10-7-14-60-35-19-29-25(15-34(35)59-5)20-50-13-6-9-30(50)40(46-29)61(56,57)58/h15-19,21-23,30,40,46H,6-14,20H2,1-5H3,(H,41,53)(H,42,54)(H,43,51)(H,44,52)(H,45,55)(H,56,57,58)/t30-,40?/m0/s1. The molecule has 1 saturated heterocycles. The Morgan fingerprint density at radius 3 is 1.93 bits per heavy atom. The highest BCUT2D eigenvalue weighted by Gasteiger charge is 2.41. The first-order valence-corrected chi connectivity index (χ1v) is 21.3. The lowest BCUT2D eigenvalue weighted by molar-refractivity contribution is -0.116. The fourth-order valence-corrected chi connectivity index (χ4v) is 8.54. The first-order valence-electron chi connectivity index (χ1n) is 19.8. The summed E-state index contributed by atoms with van der Waals surface area (Å²) in [6.07, 6.45) is 7.21. The molecule has 5 amide bonds. The van der Waals surface area contributed by atoms with E-state index in [9.17, 15) is 36.9 Å². The molecule has 61 heavy (non-hydrogen) atoms. The van der Waals surface area contributed by atoms with E-state index in [2.05, 4.69) is 31.9 Å². The lowest BCUT2D eigenvalue weighted by atomic mass is 10.1. The van der Waals surface area contributed by atoms with Gasteiger partial charge in [-0.05, 0) is 62.1 Å². The van der Waals surface area contributed by atoms with Gasteiger partial charge in [0.15, 0.2) is 16.9 Å². The van der Waals surface area contributed by atoms with Crippen LogP contribution >= 0.6 is 0 Å². The molecule has 20 nitrogen and oxygen atoms in total. The molecular formula is C40H52N10O10S. The van der Waals surface area contributed by atoms with Crippen LogP contribution in [0, 0.1) is 0 Å². The molecule has 2 aliphatic rings. The Kier molecular flexibility index (Phi) is 13.7. The number of methoxy groups -OCH3 is 1. The third kappa shape index (κ3) is 10.9. The molecular weight excluding hydrogens is 813 g/mol. The largest absolute Gasteiger partial charge is 0.493 e. The van der Waals surface area contributed by atoms with Gasteiger partial charge in [-0.15, -0.1) is 0 Å². The van der Waals surface area contributed by atoms with Crippen LogP contribution in [-0.2, 0) is 47.4 Å². The van der Waals surface area contributed by atoms with Crippen molar-refractivity contribution >= 4 is 62.4 Å². The third-order valence-corrected chi connectivity index (χ3v) is 11.5. The van der Waals surface area contributed by atoms with Crippen LogP contribution in [0.3, 0.4) is 0 Å². The van der Waals surface area contributed by atoms with Crippen molar-refractivity contribution in [2.75, 3.05) is 54.6 Å². The minimum Gasteiger partial charge on any atom is -0.493 e. The van der Waals surface area contributed by atoms with Crippen molar-refractivity contribution in [3.8, 4) is 11.5 Å². The number of aryl methyl sites for hydroxylation is 3. The first kappa shape index (κ1) is 44.2. The van der Waals surface area contributed by atoms with Gasteiger partial charge >= 0.3 is 0 Å². The number of nitrogens with zero attached hydrogens (tertiary/aromatic N) is 4. The van der Waals surface area contributed by atoms with Crippen LogP contribution in [0.4, 0.5) is 22.7 Å². The second-order valence-corrected chi connectivity index (χ2v) is 16.6. The lowest BCUT2D eigenvalue weighted by Crippen LogP contribution is -2.45. The van der Waals surface area contributed by atoms with Gasteiger partial charge in [0.1, 0.15) is 17.1 Å². The molecule has 5 heterocycles. The highest BCUT2D eigenvalue weighted by Crippen LogP contribution is 2.39. The SMILES string of the molecule is COc1cc2c(cc1OCCCC(=O)Nc1cc(C(=O)Nc3cc(C(=O)NCCCNC(=O)c4cc(NC(C)=O)cn4C)n(C)c3)n(C)c1)NC(S(=O)(=O)O)[C@@H]1CCCN1C2. The van der Waals surface area contributed by atoms with Gasteiger partial charge in [0.2, 0.25) is 11.8 Å². The predicted molar refractivity (Wildman–Crippen MR) is 227 cm³/mol. The number of hydrogen-bond acceptors (Lipinski definition) is 11. The highest BCUT2D eigenvalue weighted by atomic mass is 32.2. The maximum absolute atomic E-state index is 13.2. The number of benzene rings is 1. The van der Waals surface area contributed by atoms with E-state index < -0.39 is 21.4 Å². The van der Waals surface area contributed by atoms with Gasteiger partial charge in [-0.3, -0.25) is 33.4 Å². The van der Waals surface area contributed by atoms with E-state index in [0.29, 0.717) is 84.5 Å². The van der Waals surface area contributed by atoms with Crippen LogP contribution in [0.1, 0.15) is 76.1 Å². The van der Waals surface area contributed by atoms with Crippen LogP contribution < -0.4 is 41.4 Å². The summed E-state index contributed by atoms with van der Waals surface area (Å²) in [5.41, 5.74) is 3.59. The molecule has 2 atom stereocenters. The normalized spacial score (nSPS) is 16.0.